The molecule has 1 aromatic heterocycles. The van der Waals surface area contributed by atoms with Gasteiger partial charge in [0, 0.05) is 11.4 Å². The van der Waals surface area contributed by atoms with Gasteiger partial charge < -0.3 is 15.6 Å². The average molecular weight is 222 g/mol. The number of rotatable bonds is 3. The number of anilines is 2. The van der Waals surface area contributed by atoms with Crippen LogP contribution in [0.1, 0.15) is 11.7 Å². The third kappa shape index (κ3) is 2.47. The van der Waals surface area contributed by atoms with Crippen molar-refractivity contribution in [1.82, 2.24) is 10.1 Å². The summed E-state index contributed by atoms with van der Waals surface area (Å²) in [7, 11) is 0. The highest BCUT2D eigenvalue weighted by Gasteiger charge is 2.03. The third-order valence-electron chi connectivity index (χ3n) is 1.93. The van der Waals surface area contributed by atoms with Crippen LogP contribution in [0.25, 0.3) is 0 Å². The smallest absolute Gasteiger partial charge is 0.245 e. The quantitative estimate of drug-likeness (QED) is 0.773. The zero-order valence-electron chi connectivity index (χ0n) is 8.70. The molecule has 84 valence electrons. The van der Waals surface area contributed by atoms with Crippen LogP contribution < -0.4 is 11.1 Å². The van der Waals surface area contributed by atoms with Crippen molar-refractivity contribution in [3.05, 3.63) is 35.7 Å². The highest BCUT2D eigenvalue weighted by molar-refractivity contribution is 5.54. The molecule has 3 N–H and O–H groups in total. The Kier molecular flexibility index (Phi) is 2.72. The summed E-state index contributed by atoms with van der Waals surface area (Å²) in [5.74, 6) is 0.625. The number of aromatic nitrogens is 2. The maximum atomic E-state index is 13.0. The number of nitrogens with zero attached hydrogens (tertiary/aromatic N) is 2. The molecule has 2 rings (SSSR count). The molecule has 0 bridgehead atoms. The van der Waals surface area contributed by atoms with Crippen molar-refractivity contribution in [1.29, 1.82) is 0 Å². The lowest BCUT2D eigenvalue weighted by molar-refractivity contribution is 0.379. The minimum Gasteiger partial charge on any atom is -0.399 e. The van der Waals surface area contributed by atoms with E-state index in [9.17, 15) is 4.39 Å². The fourth-order valence-electron chi connectivity index (χ4n) is 1.30. The van der Waals surface area contributed by atoms with Gasteiger partial charge in [-0.15, -0.1) is 0 Å². The Morgan fingerprint density at radius 2 is 2.25 bits per heavy atom. The van der Waals surface area contributed by atoms with E-state index in [0.29, 0.717) is 29.6 Å². The molecule has 0 spiro atoms. The standard InChI is InChI=1S/C10H11FN4O/c1-6-14-10(16-15-6)5-13-9-3-7(11)2-8(12)4-9/h2-4,13H,5,12H2,1H3. The maximum Gasteiger partial charge on any atom is 0.245 e. The molecule has 2 aromatic rings. The molecule has 0 radical (unpaired) electrons. The molecular weight excluding hydrogens is 211 g/mol. The van der Waals surface area contributed by atoms with E-state index in [1.165, 1.54) is 12.1 Å². The normalized spacial score (nSPS) is 10.4. The van der Waals surface area contributed by atoms with Gasteiger partial charge in [0.2, 0.25) is 5.89 Å². The number of halogens is 1. The van der Waals surface area contributed by atoms with Gasteiger partial charge in [-0.3, -0.25) is 0 Å². The van der Waals surface area contributed by atoms with Gasteiger partial charge in [-0.2, -0.15) is 4.98 Å². The summed E-state index contributed by atoms with van der Waals surface area (Å²) < 4.78 is 17.9. The number of hydrogen-bond acceptors (Lipinski definition) is 5. The number of aryl methyl sites for hydroxylation is 1. The zero-order chi connectivity index (χ0) is 11.5. The Labute approximate surface area is 91.5 Å². The molecule has 5 nitrogen and oxygen atoms in total. The van der Waals surface area contributed by atoms with Crippen LogP contribution in [0.2, 0.25) is 0 Å². The van der Waals surface area contributed by atoms with Gasteiger partial charge >= 0.3 is 0 Å². The van der Waals surface area contributed by atoms with E-state index >= 15 is 0 Å². The van der Waals surface area contributed by atoms with Crippen LogP contribution in [-0.4, -0.2) is 10.1 Å². The number of nitrogen functional groups attached to an aromatic ring is 1. The molecule has 0 atom stereocenters. The van der Waals surface area contributed by atoms with E-state index in [4.69, 9.17) is 10.3 Å². The van der Waals surface area contributed by atoms with Crippen molar-refractivity contribution in [2.45, 2.75) is 13.5 Å². The van der Waals surface area contributed by atoms with Crippen LogP contribution >= 0.6 is 0 Å². The minimum absolute atomic E-state index is 0.337. The van der Waals surface area contributed by atoms with Crippen molar-refractivity contribution in [2.75, 3.05) is 11.1 Å². The summed E-state index contributed by atoms with van der Waals surface area (Å²) in [5.41, 5.74) is 6.44. The van der Waals surface area contributed by atoms with Crippen LogP contribution in [0.3, 0.4) is 0 Å². The first kappa shape index (κ1) is 10.4. The van der Waals surface area contributed by atoms with Gasteiger partial charge in [-0.05, 0) is 25.1 Å². The zero-order valence-corrected chi connectivity index (χ0v) is 8.70. The second kappa shape index (κ2) is 4.18. The lowest BCUT2D eigenvalue weighted by Crippen LogP contribution is -2.01. The number of nitrogens with two attached hydrogens (primary N) is 1. The Morgan fingerprint density at radius 1 is 1.44 bits per heavy atom. The van der Waals surface area contributed by atoms with Gasteiger partial charge in [0.1, 0.15) is 5.82 Å². The molecule has 1 aromatic carbocycles. The maximum absolute atomic E-state index is 13.0. The molecule has 0 aliphatic carbocycles. The molecule has 1 heterocycles. The van der Waals surface area contributed by atoms with E-state index in [-0.39, 0.29) is 5.82 Å². The number of hydrogen-bond donors (Lipinski definition) is 2. The molecule has 0 saturated carbocycles. The summed E-state index contributed by atoms with van der Waals surface area (Å²) in [4.78, 5) is 4.01. The molecular formula is C10H11FN4O. The fraction of sp³-hybridized carbons (Fsp3) is 0.200. The molecule has 0 fully saturated rings. The van der Waals surface area contributed by atoms with E-state index in [1.807, 2.05) is 0 Å². The van der Waals surface area contributed by atoms with Crippen molar-refractivity contribution in [3.8, 4) is 0 Å². The Morgan fingerprint density at radius 3 is 2.88 bits per heavy atom. The van der Waals surface area contributed by atoms with E-state index in [0.717, 1.165) is 0 Å². The van der Waals surface area contributed by atoms with Crippen LogP contribution in [0, 0.1) is 12.7 Å². The predicted octanol–water partition coefficient (Wildman–Crippen LogP) is 1.71. The van der Waals surface area contributed by atoms with Gasteiger partial charge in [0.25, 0.3) is 0 Å². The van der Waals surface area contributed by atoms with Crippen molar-refractivity contribution in [2.24, 2.45) is 0 Å². The minimum atomic E-state index is -0.385. The SMILES string of the molecule is Cc1noc(CNc2cc(N)cc(F)c2)n1. The Hall–Kier alpha value is -2.11. The topological polar surface area (TPSA) is 77.0 Å². The second-order valence-electron chi connectivity index (χ2n) is 3.36. The highest BCUT2D eigenvalue weighted by atomic mass is 19.1. The second-order valence-corrected chi connectivity index (χ2v) is 3.36. The van der Waals surface area contributed by atoms with Crippen molar-refractivity contribution < 1.29 is 8.91 Å². The molecule has 6 heteroatoms. The molecule has 0 unspecified atom stereocenters. The lowest BCUT2D eigenvalue weighted by atomic mass is 10.2. The highest BCUT2D eigenvalue weighted by Crippen LogP contribution is 2.15. The average Bonchev–Trinajstić information content (AvgIpc) is 2.60. The summed E-state index contributed by atoms with van der Waals surface area (Å²) >= 11 is 0. The van der Waals surface area contributed by atoms with Crippen LogP contribution in [0.15, 0.2) is 22.7 Å². The van der Waals surface area contributed by atoms with Gasteiger partial charge in [0.05, 0.1) is 6.54 Å². The number of nitrogens with one attached hydrogen (secondary N) is 1. The van der Waals surface area contributed by atoms with Gasteiger partial charge in [-0.1, -0.05) is 5.16 Å². The summed E-state index contributed by atoms with van der Waals surface area (Å²) in [6.45, 7) is 2.07. The van der Waals surface area contributed by atoms with E-state index in [1.54, 1.807) is 13.0 Å². The monoisotopic (exact) mass is 222 g/mol. The van der Waals surface area contributed by atoms with Crippen molar-refractivity contribution in [3.63, 3.8) is 0 Å². The molecule has 0 amide bonds. The Bertz CT molecular complexity index is 477. The van der Waals surface area contributed by atoms with E-state index in [2.05, 4.69) is 15.5 Å². The predicted molar refractivity (Wildman–Crippen MR) is 57.2 cm³/mol. The summed E-state index contributed by atoms with van der Waals surface area (Å²) in [6, 6.07) is 4.23. The molecule has 0 aliphatic heterocycles. The molecule has 16 heavy (non-hydrogen) atoms. The van der Waals surface area contributed by atoms with Gasteiger partial charge in [-0.25, -0.2) is 4.39 Å². The first-order chi connectivity index (χ1) is 7.63. The van der Waals surface area contributed by atoms with Crippen LogP contribution in [0.4, 0.5) is 15.8 Å². The van der Waals surface area contributed by atoms with Crippen molar-refractivity contribution >= 4 is 11.4 Å². The third-order valence-corrected chi connectivity index (χ3v) is 1.93. The summed E-state index contributed by atoms with van der Waals surface area (Å²) in [6.07, 6.45) is 0. The molecule has 0 saturated heterocycles. The Balaban J connectivity index is 2.04. The molecule has 0 aliphatic rings. The first-order valence-electron chi connectivity index (χ1n) is 4.72. The van der Waals surface area contributed by atoms with Crippen LogP contribution in [0.5, 0.6) is 0 Å². The largest absolute Gasteiger partial charge is 0.399 e. The fourth-order valence-corrected chi connectivity index (χ4v) is 1.30. The van der Waals surface area contributed by atoms with Gasteiger partial charge in [0.15, 0.2) is 5.82 Å². The van der Waals surface area contributed by atoms with Crippen LogP contribution in [-0.2, 0) is 6.54 Å². The summed E-state index contributed by atoms with van der Waals surface area (Å²) in [5, 5.41) is 6.58. The van der Waals surface area contributed by atoms with E-state index < -0.39 is 0 Å². The first-order valence-corrected chi connectivity index (χ1v) is 4.72. The lowest BCUT2D eigenvalue weighted by Gasteiger charge is -2.04. The number of benzene rings is 1.